The molecule has 1 rings (SSSR count). The minimum atomic E-state index is -0.778. The molecule has 0 heterocycles. The molecule has 0 bridgehead atoms. The molecule has 136 valence electrons. The first-order valence-electron chi connectivity index (χ1n) is 8.99. The summed E-state index contributed by atoms with van der Waals surface area (Å²) in [6.45, 7) is 2.62. The zero-order valence-electron chi connectivity index (χ0n) is 14.8. The topological polar surface area (TPSA) is 98.6 Å². The van der Waals surface area contributed by atoms with Crippen LogP contribution < -0.4 is 11.5 Å². The summed E-state index contributed by atoms with van der Waals surface area (Å²) < 4.78 is 5.94. The van der Waals surface area contributed by atoms with E-state index < -0.39 is 5.97 Å². The van der Waals surface area contributed by atoms with Crippen molar-refractivity contribution < 1.29 is 14.6 Å². The van der Waals surface area contributed by atoms with Crippen molar-refractivity contribution >= 4 is 17.3 Å². The second-order valence-corrected chi connectivity index (χ2v) is 6.43. The molecule has 1 atom stereocenters. The van der Waals surface area contributed by atoms with Crippen LogP contribution in [0.1, 0.15) is 70.3 Å². The Kier molecular flexibility index (Phi) is 9.92. The Morgan fingerprint density at radius 3 is 2.29 bits per heavy atom. The molecular formula is C19H32N2O3. The summed E-state index contributed by atoms with van der Waals surface area (Å²) in [6.07, 6.45) is 8.85. The fourth-order valence-electron chi connectivity index (χ4n) is 2.79. The Labute approximate surface area is 145 Å². The third-order valence-corrected chi connectivity index (χ3v) is 4.08. The first-order valence-corrected chi connectivity index (χ1v) is 8.99. The predicted molar refractivity (Wildman–Crippen MR) is 98.7 cm³/mol. The molecule has 0 amide bonds. The molecule has 5 heteroatoms. The van der Waals surface area contributed by atoms with E-state index in [-0.39, 0.29) is 12.5 Å². The van der Waals surface area contributed by atoms with E-state index in [4.69, 9.17) is 21.3 Å². The maximum absolute atomic E-state index is 10.8. The summed E-state index contributed by atoms with van der Waals surface area (Å²) in [7, 11) is 0. The van der Waals surface area contributed by atoms with Crippen LogP contribution in [-0.4, -0.2) is 17.2 Å². The molecule has 1 aromatic carbocycles. The lowest BCUT2D eigenvalue weighted by Crippen LogP contribution is -2.15. The number of benzene rings is 1. The van der Waals surface area contributed by atoms with Gasteiger partial charge in [-0.2, -0.15) is 0 Å². The smallest absolute Gasteiger partial charge is 0.303 e. The molecule has 0 aliphatic rings. The number of unbranched alkanes of at least 4 members (excludes halogenated alkanes) is 5. The van der Waals surface area contributed by atoms with Gasteiger partial charge in [0.25, 0.3) is 0 Å². The largest absolute Gasteiger partial charge is 0.481 e. The van der Waals surface area contributed by atoms with Gasteiger partial charge in [-0.1, -0.05) is 45.4 Å². The van der Waals surface area contributed by atoms with Crippen molar-refractivity contribution in [1.82, 2.24) is 0 Å². The van der Waals surface area contributed by atoms with Crippen LogP contribution in [-0.2, 0) is 16.1 Å². The highest BCUT2D eigenvalue weighted by molar-refractivity contribution is 5.66. The maximum atomic E-state index is 10.8. The minimum absolute atomic E-state index is 0.0325. The van der Waals surface area contributed by atoms with Crippen LogP contribution in [0.15, 0.2) is 18.2 Å². The third kappa shape index (κ3) is 9.40. The molecule has 0 fully saturated rings. The van der Waals surface area contributed by atoms with Gasteiger partial charge >= 0.3 is 5.97 Å². The molecule has 0 aliphatic heterocycles. The average molecular weight is 336 g/mol. The lowest BCUT2D eigenvalue weighted by Gasteiger charge is -2.18. The molecule has 0 aliphatic carbocycles. The number of aliphatic carboxylic acids is 1. The SMILES string of the molecule is CCCCCCCCC(CCC(=O)O)OCc1cc(N)cc(N)c1. The molecule has 5 N–H and O–H groups in total. The van der Waals surface area contributed by atoms with Crippen LogP contribution in [0.3, 0.4) is 0 Å². The van der Waals surface area contributed by atoms with Crippen molar-refractivity contribution in [3.05, 3.63) is 23.8 Å². The summed E-state index contributed by atoms with van der Waals surface area (Å²) in [5.41, 5.74) is 13.7. The zero-order valence-corrected chi connectivity index (χ0v) is 14.8. The first-order chi connectivity index (χ1) is 11.5. The van der Waals surface area contributed by atoms with Crippen molar-refractivity contribution in [1.29, 1.82) is 0 Å². The normalized spacial score (nSPS) is 12.2. The number of anilines is 2. The van der Waals surface area contributed by atoms with Crippen LogP contribution >= 0.6 is 0 Å². The third-order valence-electron chi connectivity index (χ3n) is 4.08. The molecule has 0 radical (unpaired) electrons. The summed E-state index contributed by atoms with van der Waals surface area (Å²) >= 11 is 0. The number of hydrogen-bond donors (Lipinski definition) is 3. The van der Waals surface area contributed by atoms with E-state index in [1.165, 1.54) is 32.1 Å². The highest BCUT2D eigenvalue weighted by Gasteiger charge is 2.12. The monoisotopic (exact) mass is 336 g/mol. The molecular weight excluding hydrogens is 304 g/mol. The quantitative estimate of drug-likeness (QED) is 0.367. The number of carboxylic acids is 1. The van der Waals surface area contributed by atoms with Gasteiger partial charge in [0.1, 0.15) is 0 Å². The van der Waals surface area contributed by atoms with Gasteiger partial charge in [-0.3, -0.25) is 4.79 Å². The van der Waals surface area contributed by atoms with Crippen molar-refractivity contribution in [3.63, 3.8) is 0 Å². The molecule has 0 aromatic heterocycles. The van der Waals surface area contributed by atoms with Crippen molar-refractivity contribution in [2.45, 2.75) is 77.4 Å². The summed E-state index contributed by atoms with van der Waals surface area (Å²) in [5.74, 6) is -0.778. The van der Waals surface area contributed by atoms with E-state index in [9.17, 15) is 4.79 Å². The Morgan fingerprint density at radius 1 is 1.04 bits per heavy atom. The minimum Gasteiger partial charge on any atom is -0.481 e. The molecule has 1 aromatic rings. The number of nitrogen functional groups attached to an aromatic ring is 2. The van der Waals surface area contributed by atoms with E-state index in [1.807, 2.05) is 12.1 Å². The average Bonchev–Trinajstić information content (AvgIpc) is 2.51. The summed E-state index contributed by atoms with van der Waals surface area (Å²) in [4.78, 5) is 10.8. The molecule has 1 unspecified atom stereocenters. The van der Waals surface area contributed by atoms with Gasteiger partial charge in [-0.15, -0.1) is 0 Å². The lowest BCUT2D eigenvalue weighted by atomic mass is 10.0. The fraction of sp³-hybridized carbons (Fsp3) is 0.632. The van der Waals surface area contributed by atoms with Crippen LogP contribution in [0.4, 0.5) is 11.4 Å². The highest BCUT2D eigenvalue weighted by Crippen LogP contribution is 2.19. The number of ether oxygens (including phenoxy) is 1. The second-order valence-electron chi connectivity index (χ2n) is 6.43. The van der Waals surface area contributed by atoms with Crippen LogP contribution in [0.25, 0.3) is 0 Å². The van der Waals surface area contributed by atoms with Crippen molar-refractivity contribution in [2.75, 3.05) is 11.5 Å². The number of hydrogen-bond acceptors (Lipinski definition) is 4. The van der Waals surface area contributed by atoms with Gasteiger partial charge in [-0.25, -0.2) is 0 Å². The Morgan fingerprint density at radius 2 is 1.67 bits per heavy atom. The van der Waals surface area contributed by atoms with Gasteiger partial charge in [0.05, 0.1) is 12.7 Å². The molecule has 0 spiro atoms. The van der Waals surface area contributed by atoms with Crippen molar-refractivity contribution in [3.8, 4) is 0 Å². The highest BCUT2D eigenvalue weighted by atomic mass is 16.5. The number of carboxylic acid groups (broad SMARTS) is 1. The van der Waals surface area contributed by atoms with E-state index in [0.29, 0.717) is 24.4 Å². The Balaban J connectivity index is 2.41. The molecule has 0 saturated heterocycles. The number of carbonyl (C=O) groups is 1. The Hall–Kier alpha value is -1.75. The Bertz CT molecular complexity index is 471. The summed E-state index contributed by atoms with van der Waals surface area (Å²) in [5, 5.41) is 8.90. The zero-order chi connectivity index (χ0) is 17.8. The molecule has 24 heavy (non-hydrogen) atoms. The van der Waals surface area contributed by atoms with Crippen LogP contribution in [0.5, 0.6) is 0 Å². The van der Waals surface area contributed by atoms with E-state index in [0.717, 1.165) is 18.4 Å². The van der Waals surface area contributed by atoms with E-state index in [2.05, 4.69) is 6.92 Å². The lowest BCUT2D eigenvalue weighted by molar-refractivity contribution is -0.138. The molecule has 5 nitrogen and oxygen atoms in total. The van der Waals surface area contributed by atoms with Crippen LogP contribution in [0.2, 0.25) is 0 Å². The number of rotatable bonds is 13. The second kappa shape index (κ2) is 11.7. The summed E-state index contributed by atoms with van der Waals surface area (Å²) in [6, 6.07) is 5.40. The van der Waals surface area contributed by atoms with Gasteiger partial charge < -0.3 is 21.3 Å². The van der Waals surface area contributed by atoms with Gasteiger partial charge in [0.15, 0.2) is 0 Å². The predicted octanol–water partition coefficient (Wildman–Crippen LogP) is 4.35. The van der Waals surface area contributed by atoms with E-state index in [1.54, 1.807) is 6.07 Å². The van der Waals surface area contributed by atoms with Crippen LogP contribution in [0, 0.1) is 0 Å². The first kappa shape index (κ1) is 20.3. The maximum Gasteiger partial charge on any atom is 0.303 e. The van der Waals surface area contributed by atoms with Gasteiger partial charge in [-0.05, 0) is 36.6 Å². The van der Waals surface area contributed by atoms with Crippen molar-refractivity contribution in [2.24, 2.45) is 0 Å². The van der Waals surface area contributed by atoms with Gasteiger partial charge in [0, 0.05) is 17.8 Å². The van der Waals surface area contributed by atoms with Gasteiger partial charge in [0.2, 0.25) is 0 Å². The fourth-order valence-corrected chi connectivity index (χ4v) is 2.79. The number of nitrogens with two attached hydrogens (primary N) is 2. The van der Waals surface area contributed by atoms with E-state index >= 15 is 0 Å². The molecule has 0 saturated carbocycles. The standard InChI is InChI=1S/C19H32N2O3/c1-2-3-4-5-6-7-8-18(9-10-19(22)23)24-14-15-11-16(20)13-17(21)12-15/h11-13,18H,2-10,14,20-21H2,1H3,(H,22,23).